The second kappa shape index (κ2) is 6.62. The maximum Gasteiger partial charge on any atom is 0.206 e. The quantitative estimate of drug-likeness (QED) is 0.520. The maximum atomic E-state index is 4.78. The van der Waals surface area contributed by atoms with Gasteiger partial charge in [0, 0.05) is 29.4 Å². The van der Waals surface area contributed by atoms with Crippen molar-refractivity contribution in [3.05, 3.63) is 48.8 Å². The third kappa shape index (κ3) is 3.25. The number of hydrogen-bond donors (Lipinski definition) is 1. The van der Waals surface area contributed by atoms with Gasteiger partial charge in [0.05, 0.1) is 5.52 Å². The number of benzene rings is 1. The van der Waals surface area contributed by atoms with Crippen molar-refractivity contribution in [3.63, 3.8) is 0 Å². The summed E-state index contributed by atoms with van der Waals surface area (Å²) in [6.45, 7) is 0. The van der Waals surface area contributed by atoms with E-state index in [-0.39, 0.29) is 0 Å². The summed E-state index contributed by atoms with van der Waals surface area (Å²) >= 11 is 3.09. The normalized spacial score (nSPS) is 13.8. The Hall–Kier alpha value is -2.58. The Kier molecular flexibility index (Phi) is 3.99. The van der Waals surface area contributed by atoms with Crippen LogP contribution in [0.4, 0.5) is 5.13 Å². The molecule has 1 aromatic carbocycles. The maximum absolute atomic E-state index is 4.78. The molecule has 6 nitrogen and oxygen atoms in total. The first kappa shape index (κ1) is 15.7. The summed E-state index contributed by atoms with van der Waals surface area (Å²) in [5, 5.41) is 14.7. The van der Waals surface area contributed by atoms with Crippen LogP contribution in [0.1, 0.15) is 12.8 Å². The number of hydrogen-bond acceptors (Lipinski definition) is 8. The Bertz CT molecular complexity index is 1060. The van der Waals surface area contributed by atoms with E-state index >= 15 is 0 Å². The van der Waals surface area contributed by atoms with Gasteiger partial charge in [-0.2, -0.15) is 0 Å². The molecule has 3 heterocycles. The third-order valence-corrected chi connectivity index (χ3v) is 5.89. The molecule has 26 heavy (non-hydrogen) atoms. The first-order valence-corrected chi connectivity index (χ1v) is 9.93. The summed E-state index contributed by atoms with van der Waals surface area (Å²) in [4.78, 5) is 13.6. The topological polar surface area (TPSA) is 76.5 Å². The van der Waals surface area contributed by atoms with Gasteiger partial charge in [-0.05, 0) is 42.8 Å². The molecule has 128 valence electrons. The summed E-state index contributed by atoms with van der Waals surface area (Å²) in [6, 6.07) is 12.4. The highest BCUT2D eigenvalue weighted by Crippen LogP contribution is 2.36. The molecule has 0 atom stereocenters. The standard InChI is InChI=1S/C18H14N6S2/c1-2-6-14-13(5-1)16(22-15(21-14)11-4-3-9-19-10-11)25-18-24-23-17(26-18)20-12-7-8-12/h1-6,9-10,12H,7-8H2,(H,20,23). The van der Waals surface area contributed by atoms with Gasteiger partial charge in [0.15, 0.2) is 10.2 Å². The second-order valence-corrected chi connectivity index (χ2v) is 8.22. The molecule has 1 fully saturated rings. The average Bonchev–Trinajstić information content (AvgIpc) is 3.40. The van der Waals surface area contributed by atoms with Gasteiger partial charge in [-0.1, -0.05) is 29.5 Å². The van der Waals surface area contributed by atoms with E-state index < -0.39 is 0 Å². The molecule has 1 aliphatic carbocycles. The Labute approximate surface area is 158 Å². The smallest absolute Gasteiger partial charge is 0.206 e. The number of para-hydroxylation sites is 1. The Morgan fingerprint density at radius 3 is 2.81 bits per heavy atom. The van der Waals surface area contributed by atoms with Gasteiger partial charge in [0.1, 0.15) is 5.03 Å². The van der Waals surface area contributed by atoms with Crippen molar-refractivity contribution in [3.8, 4) is 11.4 Å². The lowest BCUT2D eigenvalue weighted by molar-refractivity contribution is 0.991. The lowest BCUT2D eigenvalue weighted by Gasteiger charge is -2.07. The number of nitrogens with zero attached hydrogens (tertiary/aromatic N) is 5. The van der Waals surface area contributed by atoms with Crippen LogP contribution in [0.3, 0.4) is 0 Å². The van der Waals surface area contributed by atoms with E-state index in [9.17, 15) is 0 Å². The summed E-state index contributed by atoms with van der Waals surface area (Å²) in [6.07, 6.45) is 5.96. The van der Waals surface area contributed by atoms with Crippen molar-refractivity contribution in [2.24, 2.45) is 0 Å². The van der Waals surface area contributed by atoms with Crippen LogP contribution >= 0.6 is 23.1 Å². The lowest BCUT2D eigenvalue weighted by Crippen LogP contribution is -1.99. The van der Waals surface area contributed by atoms with Crippen LogP contribution in [0.5, 0.6) is 0 Å². The molecule has 1 aliphatic rings. The Morgan fingerprint density at radius 2 is 1.96 bits per heavy atom. The lowest BCUT2D eigenvalue weighted by atomic mass is 10.2. The number of fused-ring (bicyclic) bond motifs is 1. The van der Waals surface area contributed by atoms with Crippen molar-refractivity contribution < 1.29 is 0 Å². The zero-order valence-electron chi connectivity index (χ0n) is 13.7. The van der Waals surface area contributed by atoms with Gasteiger partial charge < -0.3 is 5.32 Å². The number of aromatic nitrogens is 5. The van der Waals surface area contributed by atoms with Gasteiger partial charge in [-0.15, -0.1) is 10.2 Å². The van der Waals surface area contributed by atoms with Crippen LogP contribution < -0.4 is 5.32 Å². The van der Waals surface area contributed by atoms with Crippen LogP contribution in [0.25, 0.3) is 22.3 Å². The largest absolute Gasteiger partial charge is 0.357 e. The van der Waals surface area contributed by atoms with E-state index in [0.717, 1.165) is 31.0 Å². The molecule has 3 aromatic heterocycles. The summed E-state index contributed by atoms with van der Waals surface area (Å²) in [5.41, 5.74) is 1.80. The zero-order chi connectivity index (χ0) is 17.3. The number of nitrogens with one attached hydrogen (secondary N) is 1. The molecule has 8 heteroatoms. The van der Waals surface area contributed by atoms with Gasteiger partial charge >= 0.3 is 0 Å². The van der Waals surface area contributed by atoms with Crippen molar-refractivity contribution in [2.75, 3.05) is 5.32 Å². The minimum absolute atomic E-state index is 0.567. The fourth-order valence-electron chi connectivity index (χ4n) is 2.54. The highest BCUT2D eigenvalue weighted by molar-refractivity contribution is 8.01. The van der Waals surface area contributed by atoms with Crippen LogP contribution in [-0.4, -0.2) is 31.2 Å². The number of pyridine rings is 1. The second-order valence-electron chi connectivity index (χ2n) is 6.01. The highest BCUT2D eigenvalue weighted by atomic mass is 32.2. The molecule has 0 aliphatic heterocycles. The highest BCUT2D eigenvalue weighted by Gasteiger charge is 2.22. The fraction of sp³-hybridized carbons (Fsp3) is 0.167. The van der Waals surface area contributed by atoms with E-state index in [1.807, 2.05) is 36.4 Å². The Balaban J connectivity index is 1.53. The molecule has 0 saturated heterocycles. The van der Waals surface area contributed by atoms with Crippen LogP contribution in [0.15, 0.2) is 58.2 Å². The van der Waals surface area contributed by atoms with Crippen LogP contribution in [0.2, 0.25) is 0 Å². The Morgan fingerprint density at radius 1 is 1.04 bits per heavy atom. The van der Waals surface area contributed by atoms with E-state index in [1.165, 1.54) is 24.6 Å². The van der Waals surface area contributed by atoms with Crippen molar-refractivity contribution in [2.45, 2.75) is 28.2 Å². The number of anilines is 1. The summed E-state index contributed by atoms with van der Waals surface area (Å²) < 4.78 is 0.870. The van der Waals surface area contributed by atoms with Crippen molar-refractivity contribution in [1.29, 1.82) is 0 Å². The molecular formula is C18H14N6S2. The summed E-state index contributed by atoms with van der Waals surface area (Å²) in [7, 11) is 0. The van der Waals surface area contributed by atoms with E-state index in [0.29, 0.717) is 11.9 Å². The minimum atomic E-state index is 0.567. The molecule has 0 amide bonds. The molecular weight excluding hydrogens is 364 g/mol. The van der Waals surface area contributed by atoms with Crippen LogP contribution in [-0.2, 0) is 0 Å². The molecule has 0 spiro atoms. The van der Waals surface area contributed by atoms with E-state index in [4.69, 9.17) is 9.97 Å². The van der Waals surface area contributed by atoms with Crippen LogP contribution in [0, 0.1) is 0 Å². The molecule has 0 bridgehead atoms. The van der Waals surface area contributed by atoms with Gasteiger partial charge in [-0.3, -0.25) is 4.98 Å². The number of rotatable bonds is 5. The van der Waals surface area contributed by atoms with Crippen molar-refractivity contribution >= 4 is 39.1 Å². The molecule has 1 saturated carbocycles. The first-order chi connectivity index (χ1) is 12.8. The van der Waals surface area contributed by atoms with Gasteiger partial charge in [0.2, 0.25) is 5.13 Å². The first-order valence-electron chi connectivity index (χ1n) is 8.30. The summed E-state index contributed by atoms with van der Waals surface area (Å²) in [5.74, 6) is 0.667. The zero-order valence-corrected chi connectivity index (χ0v) is 15.3. The SMILES string of the molecule is c1cncc(-c2nc(Sc3nnc(NC4CC4)s3)c3ccccc3n2)c1. The van der Waals surface area contributed by atoms with E-state index in [1.54, 1.807) is 23.7 Å². The average molecular weight is 378 g/mol. The third-order valence-electron chi connectivity index (χ3n) is 3.98. The molecule has 0 unspecified atom stereocenters. The predicted octanol–water partition coefficient (Wildman–Crippen LogP) is 4.27. The molecule has 1 N–H and O–H groups in total. The van der Waals surface area contributed by atoms with E-state index in [2.05, 4.69) is 20.5 Å². The van der Waals surface area contributed by atoms with Gasteiger partial charge in [-0.25, -0.2) is 9.97 Å². The monoisotopic (exact) mass is 378 g/mol. The van der Waals surface area contributed by atoms with Gasteiger partial charge in [0.25, 0.3) is 0 Å². The minimum Gasteiger partial charge on any atom is -0.357 e. The predicted molar refractivity (Wildman–Crippen MR) is 103 cm³/mol. The fourth-order valence-corrected chi connectivity index (χ4v) is 4.40. The molecule has 5 rings (SSSR count). The van der Waals surface area contributed by atoms with Crippen molar-refractivity contribution in [1.82, 2.24) is 25.1 Å². The molecule has 4 aromatic rings. The molecule has 0 radical (unpaired) electrons.